The second kappa shape index (κ2) is 6.74. The number of aromatic hydroxyl groups is 1. The first kappa shape index (κ1) is 17.1. The van der Waals surface area contributed by atoms with E-state index >= 15 is 0 Å². The van der Waals surface area contributed by atoms with Crippen LogP contribution in [-0.4, -0.2) is 26.1 Å². The number of H-pyrrole nitrogens is 1. The molecule has 0 saturated heterocycles. The van der Waals surface area contributed by atoms with Crippen molar-refractivity contribution in [1.29, 1.82) is 0 Å². The molecule has 27 heavy (non-hydrogen) atoms. The fourth-order valence-corrected chi connectivity index (χ4v) is 3.13. The standard InChI is InChI=1S/C20H15ClN4O2/c1-12-9-18(24-23-12)22-11-17-15-7-2-3-8-16(15)19(26)25(20(17)27)14-6-4-5-13(21)10-14/h2-11,27H,1H3,(H,23,24). The number of benzene rings is 2. The predicted molar refractivity (Wildman–Crippen MR) is 107 cm³/mol. The second-order valence-electron chi connectivity index (χ2n) is 6.07. The summed E-state index contributed by atoms with van der Waals surface area (Å²) < 4.78 is 1.23. The number of hydrogen-bond acceptors (Lipinski definition) is 4. The molecule has 0 aliphatic heterocycles. The number of rotatable bonds is 3. The number of nitrogens with one attached hydrogen (secondary N) is 1. The zero-order chi connectivity index (χ0) is 19.0. The van der Waals surface area contributed by atoms with E-state index in [0.717, 1.165) is 5.69 Å². The van der Waals surface area contributed by atoms with Crippen LogP contribution in [0, 0.1) is 6.92 Å². The van der Waals surface area contributed by atoms with Gasteiger partial charge in [0.05, 0.1) is 11.3 Å². The molecule has 2 N–H and O–H groups in total. The number of aliphatic imine (C=N–C) groups is 1. The van der Waals surface area contributed by atoms with E-state index < -0.39 is 0 Å². The van der Waals surface area contributed by atoms with Gasteiger partial charge in [-0.15, -0.1) is 0 Å². The third kappa shape index (κ3) is 3.11. The lowest BCUT2D eigenvalue weighted by molar-refractivity contribution is 0.436. The van der Waals surface area contributed by atoms with Crippen LogP contribution in [0.1, 0.15) is 11.3 Å². The summed E-state index contributed by atoms with van der Waals surface area (Å²) in [5.74, 6) is 0.272. The van der Waals surface area contributed by atoms with Crippen molar-refractivity contribution in [3.05, 3.63) is 81.2 Å². The lowest BCUT2D eigenvalue weighted by Gasteiger charge is -2.13. The van der Waals surface area contributed by atoms with E-state index in [9.17, 15) is 9.90 Å². The monoisotopic (exact) mass is 378 g/mol. The molecular weight excluding hydrogens is 364 g/mol. The molecule has 0 radical (unpaired) electrons. The molecule has 0 amide bonds. The van der Waals surface area contributed by atoms with Crippen LogP contribution in [-0.2, 0) is 0 Å². The zero-order valence-electron chi connectivity index (χ0n) is 14.3. The quantitative estimate of drug-likeness (QED) is 0.526. The molecule has 7 heteroatoms. The van der Waals surface area contributed by atoms with Gasteiger partial charge in [0.1, 0.15) is 0 Å². The number of pyridine rings is 1. The van der Waals surface area contributed by atoms with Crippen LogP contribution in [0.4, 0.5) is 5.82 Å². The van der Waals surface area contributed by atoms with Gasteiger partial charge in [-0.2, -0.15) is 5.10 Å². The van der Waals surface area contributed by atoms with Crippen molar-refractivity contribution >= 4 is 34.4 Å². The maximum absolute atomic E-state index is 13.0. The van der Waals surface area contributed by atoms with Crippen LogP contribution in [0.5, 0.6) is 5.88 Å². The highest BCUT2D eigenvalue weighted by atomic mass is 35.5. The van der Waals surface area contributed by atoms with Gasteiger partial charge in [-0.25, -0.2) is 9.56 Å². The number of aryl methyl sites for hydroxylation is 1. The van der Waals surface area contributed by atoms with E-state index in [0.29, 0.717) is 32.9 Å². The third-order valence-electron chi connectivity index (χ3n) is 4.19. The van der Waals surface area contributed by atoms with Crippen LogP contribution < -0.4 is 5.56 Å². The van der Waals surface area contributed by atoms with Crippen LogP contribution in [0.25, 0.3) is 16.5 Å². The van der Waals surface area contributed by atoms with Crippen LogP contribution >= 0.6 is 11.6 Å². The Morgan fingerprint density at radius 1 is 1.15 bits per heavy atom. The Labute approximate surface area is 159 Å². The van der Waals surface area contributed by atoms with E-state index in [1.54, 1.807) is 54.6 Å². The first-order chi connectivity index (χ1) is 13.0. The van der Waals surface area contributed by atoms with Gasteiger partial charge >= 0.3 is 0 Å². The molecule has 134 valence electrons. The van der Waals surface area contributed by atoms with Crippen molar-refractivity contribution in [1.82, 2.24) is 14.8 Å². The normalized spacial score (nSPS) is 11.5. The maximum atomic E-state index is 13.0. The van der Waals surface area contributed by atoms with Crippen molar-refractivity contribution in [3.8, 4) is 11.6 Å². The SMILES string of the molecule is Cc1cc(N=Cc2c(O)n(-c3cccc(Cl)c3)c(=O)c3ccccc23)n[nH]1. The minimum Gasteiger partial charge on any atom is -0.494 e. The van der Waals surface area contributed by atoms with Gasteiger partial charge in [-0.05, 0) is 31.2 Å². The minimum absolute atomic E-state index is 0.211. The van der Waals surface area contributed by atoms with E-state index in [4.69, 9.17) is 11.6 Å². The molecule has 2 aromatic heterocycles. The first-order valence-electron chi connectivity index (χ1n) is 8.23. The lowest BCUT2D eigenvalue weighted by atomic mass is 10.1. The van der Waals surface area contributed by atoms with Crippen molar-refractivity contribution in [2.45, 2.75) is 6.92 Å². The molecule has 2 aromatic carbocycles. The Bertz CT molecular complexity index is 1240. The summed E-state index contributed by atoms with van der Waals surface area (Å²) in [5, 5.41) is 19.3. The third-order valence-corrected chi connectivity index (χ3v) is 4.42. The molecule has 0 aliphatic carbocycles. The first-order valence-corrected chi connectivity index (χ1v) is 8.61. The topological polar surface area (TPSA) is 83.3 Å². The summed E-state index contributed by atoms with van der Waals surface area (Å²) in [7, 11) is 0. The van der Waals surface area contributed by atoms with E-state index in [1.165, 1.54) is 10.8 Å². The van der Waals surface area contributed by atoms with Gasteiger partial charge in [-0.1, -0.05) is 35.9 Å². The van der Waals surface area contributed by atoms with Gasteiger partial charge in [0.2, 0.25) is 5.88 Å². The molecular formula is C20H15ClN4O2. The number of hydrogen-bond donors (Lipinski definition) is 2. The van der Waals surface area contributed by atoms with E-state index in [2.05, 4.69) is 15.2 Å². The number of halogens is 1. The molecule has 0 fully saturated rings. The minimum atomic E-state index is -0.335. The smallest absolute Gasteiger partial charge is 0.265 e. The Morgan fingerprint density at radius 2 is 1.93 bits per heavy atom. The Hall–Kier alpha value is -3.38. The summed E-state index contributed by atoms with van der Waals surface area (Å²) >= 11 is 6.07. The summed E-state index contributed by atoms with van der Waals surface area (Å²) in [4.78, 5) is 17.3. The van der Waals surface area contributed by atoms with Gasteiger partial charge in [-0.3, -0.25) is 9.89 Å². The maximum Gasteiger partial charge on any atom is 0.265 e. The molecule has 0 aliphatic rings. The Morgan fingerprint density at radius 3 is 2.63 bits per heavy atom. The average Bonchev–Trinajstić information content (AvgIpc) is 3.07. The number of nitrogens with zero attached hydrogens (tertiary/aromatic N) is 3. The van der Waals surface area contributed by atoms with Crippen molar-refractivity contribution in [3.63, 3.8) is 0 Å². The van der Waals surface area contributed by atoms with Crippen molar-refractivity contribution in [2.24, 2.45) is 4.99 Å². The van der Waals surface area contributed by atoms with Crippen molar-refractivity contribution < 1.29 is 5.11 Å². The highest BCUT2D eigenvalue weighted by Gasteiger charge is 2.16. The fourth-order valence-electron chi connectivity index (χ4n) is 2.94. The molecule has 0 atom stereocenters. The molecule has 0 saturated carbocycles. The fraction of sp³-hybridized carbons (Fsp3) is 0.0500. The molecule has 6 nitrogen and oxygen atoms in total. The van der Waals surface area contributed by atoms with E-state index in [-0.39, 0.29) is 11.4 Å². The molecule has 0 spiro atoms. The summed E-state index contributed by atoms with van der Waals surface area (Å²) in [6.07, 6.45) is 1.51. The van der Waals surface area contributed by atoms with Gasteiger partial charge in [0.15, 0.2) is 5.82 Å². The second-order valence-corrected chi connectivity index (χ2v) is 6.51. The highest BCUT2D eigenvalue weighted by Crippen LogP contribution is 2.27. The average molecular weight is 379 g/mol. The highest BCUT2D eigenvalue weighted by molar-refractivity contribution is 6.30. The summed E-state index contributed by atoms with van der Waals surface area (Å²) in [6.45, 7) is 1.87. The van der Waals surface area contributed by atoms with Crippen LogP contribution in [0.3, 0.4) is 0 Å². The largest absolute Gasteiger partial charge is 0.494 e. The number of fused-ring (bicyclic) bond motifs is 1. The zero-order valence-corrected chi connectivity index (χ0v) is 15.1. The summed E-state index contributed by atoms with van der Waals surface area (Å²) in [6, 6.07) is 15.6. The Kier molecular flexibility index (Phi) is 4.25. The van der Waals surface area contributed by atoms with Gasteiger partial charge in [0, 0.05) is 33.8 Å². The van der Waals surface area contributed by atoms with Crippen LogP contribution in [0.15, 0.2) is 64.4 Å². The summed E-state index contributed by atoms with van der Waals surface area (Å²) in [5.41, 5.74) is 1.44. The molecule has 4 rings (SSSR count). The number of aromatic nitrogens is 3. The molecule has 2 heterocycles. The lowest BCUT2D eigenvalue weighted by Crippen LogP contribution is -2.20. The van der Waals surface area contributed by atoms with Crippen LogP contribution in [0.2, 0.25) is 5.02 Å². The molecule has 0 unspecified atom stereocenters. The van der Waals surface area contributed by atoms with Gasteiger partial charge < -0.3 is 5.11 Å². The van der Waals surface area contributed by atoms with Crippen molar-refractivity contribution in [2.75, 3.05) is 0 Å². The van der Waals surface area contributed by atoms with E-state index in [1.807, 2.05) is 6.92 Å². The van der Waals surface area contributed by atoms with Gasteiger partial charge in [0.25, 0.3) is 5.56 Å². The molecule has 4 aromatic rings. The Balaban J connectivity index is 2.00. The number of aromatic amines is 1. The molecule has 0 bridgehead atoms. The predicted octanol–water partition coefficient (Wildman–Crippen LogP) is 4.13.